The third-order valence-corrected chi connectivity index (χ3v) is 6.42. The second-order valence-electron chi connectivity index (χ2n) is 7.16. The molecule has 168 valence electrons. The predicted octanol–water partition coefficient (Wildman–Crippen LogP) is 4.03. The highest BCUT2D eigenvalue weighted by Crippen LogP contribution is 2.22. The molecule has 0 radical (unpaired) electrons. The van der Waals surface area contributed by atoms with Crippen LogP contribution in [0.25, 0.3) is 0 Å². The van der Waals surface area contributed by atoms with E-state index in [0.29, 0.717) is 23.7 Å². The van der Waals surface area contributed by atoms with Gasteiger partial charge < -0.3 is 15.4 Å². The molecule has 0 fully saturated rings. The average molecular weight is 454 g/mol. The summed E-state index contributed by atoms with van der Waals surface area (Å²) in [6.07, 6.45) is 0.963. The number of anilines is 2. The Kier molecular flexibility index (Phi) is 7.50. The molecular weight excluding hydrogens is 426 g/mol. The maximum absolute atomic E-state index is 12.8. The van der Waals surface area contributed by atoms with E-state index in [1.165, 1.54) is 24.7 Å². The Morgan fingerprint density at radius 1 is 0.906 bits per heavy atom. The molecule has 3 aromatic carbocycles. The van der Waals surface area contributed by atoms with Gasteiger partial charge in [0.1, 0.15) is 5.75 Å². The number of sulfonamides is 1. The van der Waals surface area contributed by atoms with Crippen LogP contribution >= 0.6 is 0 Å². The van der Waals surface area contributed by atoms with Gasteiger partial charge in [0.15, 0.2) is 0 Å². The molecule has 0 atom stereocenters. The molecule has 0 saturated carbocycles. The minimum absolute atomic E-state index is 0.00575. The van der Waals surface area contributed by atoms with E-state index < -0.39 is 15.9 Å². The van der Waals surface area contributed by atoms with Gasteiger partial charge in [-0.25, -0.2) is 13.1 Å². The molecular formula is C24H27N3O4S. The predicted molar refractivity (Wildman–Crippen MR) is 127 cm³/mol. The summed E-state index contributed by atoms with van der Waals surface area (Å²) in [5.41, 5.74) is 3.62. The summed E-state index contributed by atoms with van der Waals surface area (Å²) in [6, 6.07) is 19.6. The second kappa shape index (κ2) is 10.3. The lowest BCUT2D eigenvalue weighted by Crippen LogP contribution is -2.20. The standard InChI is InChI=1S/C24H27N3O4S/c1-4-17-5-7-18(8-6-17)16-26-21-13-19(14-23(15-21)32(29,30)25-2)24(28)27-20-9-11-22(31-3)12-10-20/h5-15,25-26H,4,16H2,1-3H3,(H,27,28). The first-order valence-electron chi connectivity index (χ1n) is 10.2. The van der Waals surface area contributed by atoms with Crippen LogP contribution in [0.4, 0.5) is 11.4 Å². The van der Waals surface area contributed by atoms with Crippen molar-refractivity contribution in [3.8, 4) is 5.75 Å². The van der Waals surface area contributed by atoms with E-state index >= 15 is 0 Å². The summed E-state index contributed by atoms with van der Waals surface area (Å²) >= 11 is 0. The first-order valence-corrected chi connectivity index (χ1v) is 11.7. The Labute approximate surface area is 188 Å². The zero-order valence-electron chi connectivity index (χ0n) is 18.3. The molecule has 3 aromatic rings. The summed E-state index contributed by atoms with van der Waals surface area (Å²) in [5, 5.41) is 6.00. The molecule has 3 rings (SSSR count). The first kappa shape index (κ1) is 23.3. The van der Waals surface area contributed by atoms with Crippen LogP contribution in [0, 0.1) is 0 Å². The molecule has 0 saturated heterocycles. The van der Waals surface area contributed by atoms with E-state index in [4.69, 9.17) is 4.74 Å². The van der Waals surface area contributed by atoms with Crippen LogP contribution in [-0.4, -0.2) is 28.5 Å². The number of benzene rings is 3. The van der Waals surface area contributed by atoms with Gasteiger partial charge in [0, 0.05) is 23.5 Å². The quantitative estimate of drug-likeness (QED) is 0.455. The number of methoxy groups -OCH3 is 1. The number of carbonyl (C=O) groups is 1. The molecule has 32 heavy (non-hydrogen) atoms. The molecule has 0 aromatic heterocycles. The van der Waals surface area contributed by atoms with Gasteiger partial charge in [-0.2, -0.15) is 0 Å². The van der Waals surface area contributed by atoms with Crippen molar-refractivity contribution in [1.29, 1.82) is 0 Å². The lowest BCUT2D eigenvalue weighted by molar-refractivity contribution is 0.102. The van der Waals surface area contributed by atoms with Gasteiger partial charge in [-0.05, 0) is 67.1 Å². The smallest absolute Gasteiger partial charge is 0.255 e. The number of rotatable bonds is 9. The third-order valence-electron chi connectivity index (χ3n) is 5.02. The van der Waals surface area contributed by atoms with Crippen molar-refractivity contribution in [2.45, 2.75) is 24.8 Å². The second-order valence-corrected chi connectivity index (χ2v) is 9.05. The molecule has 7 nitrogen and oxygen atoms in total. The topological polar surface area (TPSA) is 96.5 Å². The van der Waals surface area contributed by atoms with Gasteiger partial charge in [0.2, 0.25) is 10.0 Å². The van der Waals surface area contributed by atoms with Crippen LogP contribution in [0.1, 0.15) is 28.4 Å². The van der Waals surface area contributed by atoms with E-state index in [0.717, 1.165) is 12.0 Å². The van der Waals surface area contributed by atoms with E-state index in [1.54, 1.807) is 37.4 Å². The van der Waals surface area contributed by atoms with Crippen molar-refractivity contribution in [3.05, 3.63) is 83.4 Å². The summed E-state index contributed by atoms with van der Waals surface area (Å²) < 4.78 is 32.3. The Balaban J connectivity index is 1.85. The number of carbonyl (C=O) groups excluding carboxylic acids is 1. The van der Waals surface area contributed by atoms with Crippen molar-refractivity contribution in [1.82, 2.24) is 4.72 Å². The third kappa shape index (κ3) is 5.87. The first-order chi connectivity index (χ1) is 15.3. The van der Waals surface area contributed by atoms with Crippen LogP contribution in [0.2, 0.25) is 0 Å². The van der Waals surface area contributed by atoms with E-state index in [-0.39, 0.29) is 10.5 Å². The van der Waals surface area contributed by atoms with Crippen molar-refractivity contribution in [2.75, 3.05) is 24.8 Å². The average Bonchev–Trinajstić information content (AvgIpc) is 2.83. The molecule has 0 aliphatic heterocycles. The maximum Gasteiger partial charge on any atom is 0.255 e. The summed E-state index contributed by atoms with van der Waals surface area (Å²) in [5.74, 6) is 0.252. The number of ether oxygens (including phenoxy) is 1. The Morgan fingerprint density at radius 3 is 2.16 bits per heavy atom. The fourth-order valence-electron chi connectivity index (χ4n) is 3.08. The van der Waals surface area contributed by atoms with Crippen LogP contribution in [0.15, 0.2) is 71.6 Å². The monoisotopic (exact) mass is 453 g/mol. The number of hydrogen-bond donors (Lipinski definition) is 3. The van der Waals surface area contributed by atoms with E-state index in [9.17, 15) is 13.2 Å². The Hall–Kier alpha value is -3.36. The van der Waals surface area contributed by atoms with Crippen molar-refractivity contribution in [2.24, 2.45) is 0 Å². The highest BCUT2D eigenvalue weighted by molar-refractivity contribution is 7.89. The molecule has 0 spiro atoms. The van der Waals surface area contributed by atoms with Crippen molar-refractivity contribution >= 4 is 27.3 Å². The maximum atomic E-state index is 12.8. The van der Waals surface area contributed by atoms with Crippen LogP contribution in [0.3, 0.4) is 0 Å². The highest BCUT2D eigenvalue weighted by atomic mass is 32.2. The van der Waals surface area contributed by atoms with E-state index in [1.807, 2.05) is 12.1 Å². The molecule has 0 aliphatic rings. The highest BCUT2D eigenvalue weighted by Gasteiger charge is 2.17. The van der Waals surface area contributed by atoms with Gasteiger partial charge in [-0.1, -0.05) is 31.2 Å². The van der Waals surface area contributed by atoms with Crippen molar-refractivity contribution in [3.63, 3.8) is 0 Å². The summed E-state index contributed by atoms with van der Waals surface area (Å²) in [7, 11) is -0.838. The zero-order valence-corrected chi connectivity index (χ0v) is 19.1. The number of nitrogens with one attached hydrogen (secondary N) is 3. The lowest BCUT2D eigenvalue weighted by atomic mass is 10.1. The minimum atomic E-state index is -3.74. The summed E-state index contributed by atoms with van der Waals surface area (Å²) in [4.78, 5) is 12.9. The lowest BCUT2D eigenvalue weighted by Gasteiger charge is -2.13. The molecule has 0 aliphatic carbocycles. The van der Waals surface area contributed by atoms with E-state index in [2.05, 4.69) is 34.4 Å². The van der Waals surface area contributed by atoms with Crippen LogP contribution in [0.5, 0.6) is 5.75 Å². The fourth-order valence-corrected chi connectivity index (χ4v) is 3.88. The van der Waals surface area contributed by atoms with Gasteiger partial charge in [-0.15, -0.1) is 0 Å². The number of aryl methyl sites for hydroxylation is 1. The van der Waals surface area contributed by atoms with Gasteiger partial charge >= 0.3 is 0 Å². The number of hydrogen-bond acceptors (Lipinski definition) is 5. The summed E-state index contributed by atoms with van der Waals surface area (Å²) in [6.45, 7) is 2.59. The molecule has 1 amide bonds. The Bertz CT molecular complexity index is 1170. The zero-order chi connectivity index (χ0) is 23.1. The molecule has 8 heteroatoms. The van der Waals surface area contributed by atoms with Gasteiger partial charge in [-0.3, -0.25) is 4.79 Å². The number of amides is 1. The fraction of sp³-hybridized carbons (Fsp3) is 0.208. The van der Waals surface area contributed by atoms with Gasteiger partial charge in [0.25, 0.3) is 5.91 Å². The molecule has 3 N–H and O–H groups in total. The largest absolute Gasteiger partial charge is 0.497 e. The normalized spacial score (nSPS) is 11.1. The molecule has 0 unspecified atom stereocenters. The molecule has 0 heterocycles. The molecule has 0 bridgehead atoms. The van der Waals surface area contributed by atoms with Crippen molar-refractivity contribution < 1.29 is 17.9 Å². The van der Waals surface area contributed by atoms with Crippen LogP contribution < -0.4 is 20.1 Å². The minimum Gasteiger partial charge on any atom is -0.497 e. The SMILES string of the molecule is CCc1ccc(CNc2cc(C(=O)Nc3ccc(OC)cc3)cc(S(=O)(=O)NC)c2)cc1. The Morgan fingerprint density at radius 2 is 1.56 bits per heavy atom. The van der Waals surface area contributed by atoms with Crippen LogP contribution in [-0.2, 0) is 23.0 Å². The van der Waals surface area contributed by atoms with Gasteiger partial charge in [0.05, 0.1) is 12.0 Å².